The number of carboxylic acids is 1. The normalized spacial score (nSPS) is 32.7. The van der Waals surface area contributed by atoms with Crippen molar-refractivity contribution in [1.82, 2.24) is 0 Å². The molecule has 0 bridgehead atoms. The summed E-state index contributed by atoms with van der Waals surface area (Å²) < 4.78 is 5.26. The van der Waals surface area contributed by atoms with E-state index in [0.29, 0.717) is 5.69 Å². The molecule has 2 rings (SSSR count). The summed E-state index contributed by atoms with van der Waals surface area (Å²) in [6, 6.07) is 5.49. The summed E-state index contributed by atoms with van der Waals surface area (Å²) in [7, 11) is 0. The van der Waals surface area contributed by atoms with E-state index in [9.17, 15) is 25.2 Å². The SMILES string of the molecule is O=C([O-])c1ccc(N[C@@H]2O[C@H](CO)[C@@H](O)[C@H](O)[C@H]2O)cc1. The standard InChI is InChI=1S/C13H17NO7/c15-5-8-9(16)10(17)11(18)12(21-8)14-7-3-1-6(2-4-7)13(19)20/h1-4,8-12,14-18H,5H2,(H,19,20)/p-1/t8-,9-,10+,11-,12-/m1/s1. The molecule has 0 unspecified atom stereocenters. The lowest BCUT2D eigenvalue weighted by atomic mass is 9.98. The van der Waals surface area contributed by atoms with E-state index in [2.05, 4.69) is 5.32 Å². The van der Waals surface area contributed by atoms with Crippen molar-refractivity contribution in [3.05, 3.63) is 29.8 Å². The Kier molecular flexibility index (Phi) is 4.76. The van der Waals surface area contributed by atoms with Crippen LogP contribution >= 0.6 is 0 Å². The van der Waals surface area contributed by atoms with Crippen molar-refractivity contribution in [1.29, 1.82) is 0 Å². The Morgan fingerprint density at radius 1 is 1.14 bits per heavy atom. The maximum Gasteiger partial charge on any atom is 0.157 e. The van der Waals surface area contributed by atoms with Gasteiger partial charge in [0.05, 0.1) is 12.6 Å². The highest BCUT2D eigenvalue weighted by atomic mass is 16.6. The van der Waals surface area contributed by atoms with Crippen LogP contribution in [-0.4, -0.2) is 63.6 Å². The van der Waals surface area contributed by atoms with Gasteiger partial charge in [-0.2, -0.15) is 0 Å². The van der Waals surface area contributed by atoms with Gasteiger partial charge >= 0.3 is 0 Å². The average Bonchev–Trinajstić information content (AvgIpc) is 2.48. The molecule has 8 nitrogen and oxygen atoms in total. The number of nitrogens with one attached hydrogen (secondary N) is 1. The maximum absolute atomic E-state index is 10.6. The summed E-state index contributed by atoms with van der Waals surface area (Å²) in [6.45, 7) is -0.521. The molecule has 1 aromatic rings. The van der Waals surface area contributed by atoms with E-state index in [4.69, 9.17) is 9.84 Å². The molecule has 1 aliphatic heterocycles. The number of aliphatic hydroxyl groups is 4. The van der Waals surface area contributed by atoms with Crippen molar-refractivity contribution in [3.63, 3.8) is 0 Å². The predicted molar refractivity (Wildman–Crippen MR) is 68.2 cm³/mol. The molecular weight excluding hydrogens is 282 g/mol. The number of carboxylic acid groups (broad SMARTS) is 1. The largest absolute Gasteiger partial charge is 0.545 e. The third-order valence-corrected chi connectivity index (χ3v) is 3.32. The molecule has 21 heavy (non-hydrogen) atoms. The highest BCUT2D eigenvalue weighted by molar-refractivity contribution is 5.86. The summed E-state index contributed by atoms with van der Waals surface area (Å²) in [5, 5.41) is 51.6. The Balaban J connectivity index is 2.08. The van der Waals surface area contributed by atoms with Gasteiger partial charge in [-0.05, 0) is 17.7 Å². The molecular formula is C13H16NO7-. The van der Waals surface area contributed by atoms with Crippen molar-refractivity contribution < 1.29 is 35.1 Å². The molecule has 1 heterocycles. The summed E-state index contributed by atoms with van der Waals surface area (Å²) in [5.74, 6) is -1.31. The smallest absolute Gasteiger partial charge is 0.157 e. The van der Waals surface area contributed by atoms with Crippen LogP contribution in [0.3, 0.4) is 0 Å². The van der Waals surface area contributed by atoms with Gasteiger partial charge < -0.3 is 40.4 Å². The fraction of sp³-hybridized carbons (Fsp3) is 0.462. The summed E-state index contributed by atoms with van der Waals surface area (Å²) in [6.07, 6.45) is -6.39. The summed E-state index contributed by atoms with van der Waals surface area (Å²) in [4.78, 5) is 10.6. The molecule has 0 amide bonds. The number of hydrogen-bond acceptors (Lipinski definition) is 8. The molecule has 1 saturated heterocycles. The number of aliphatic hydroxyl groups excluding tert-OH is 4. The molecule has 1 aliphatic rings. The minimum atomic E-state index is -1.48. The van der Waals surface area contributed by atoms with E-state index >= 15 is 0 Å². The van der Waals surface area contributed by atoms with Crippen molar-refractivity contribution in [3.8, 4) is 0 Å². The van der Waals surface area contributed by atoms with Crippen LogP contribution in [0.5, 0.6) is 0 Å². The zero-order chi connectivity index (χ0) is 15.6. The Morgan fingerprint density at radius 2 is 1.76 bits per heavy atom. The lowest BCUT2D eigenvalue weighted by molar-refractivity contribution is -0.255. The number of hydrogen-bond donors (Lipinski definition) is 5. The van der Waals surface area contributed by atoms with E-state index in [0.717, 1.165) is 0 Å². The molecule has 5 atom stereocenters. The van der Waals surface area contributed by atoms with Crippen LogP contribution in [-0.2, 0) is 4.74 Å². The van der Waals surface area contributed by atoms with Gasteiger partial charge in [0.15, 0.2) is 6.23 Å². The minimum absolute atomic E-state index is 0.00523. The second-order valence-electron chi connectivity index (χ2n) is 4.76. The topological polar surface area (TPSA) is 142 Å². The van der Waals surface area contributed by atoms with Crippen LogP contribution in [0.4, 0.5) is 5.69 Å². The number of rotatable bonds is 4. The molecule has 0 aliphatic carbocycles. The van der Waals surface area contributed by atoms with E-state index in [-0.39, 0.29) is 5.56 Å². The van der Waals surface area contributed by atoms with Crippen LogP contribution in [0, 0.1) is 0 Å². The Bertz CT molecular complexity index is 490. The van der Waals surface area contributed by atoms with Crippen LogP contribution in [0.1, 0.15) is 10.4 Å². The van der Waals surface area contributed by atoms with E-state index < -0.39 is 43.2 Å². The summed E-state index contributed by atoms with van der Waals surface area (Å²) >= 11 is 0. The van der Waals surface area contributed by atoms with Gasteiger partial charge in [0.1, 0.15) is 24.4 Å². The Labute approximate surface area is 120 Å². The lowest BCUT2D eigenvalue weighted by Gasteiger charge is -2.40. The maximum atomic E-state index is 10.6. The predicted octanol–water partition coefficient (Wildman–Crippen LogP) is -2.74. The first-order chi connectivity index (χ1) is 9.93. The van der Waals surface area contributed by atoms with Gasteiger partial charge in [0.25, 0.3) is 0 Å². The number of aromatic carboxylic acids is 1. The van der Waals surface area contributed by atoms with Crippen LogP contribution < -0.4 is 10.4 Å². The van der Waals surface area contributed by atoms with Crippen molar-refractivity contribution >= 4 is 11.7 Å². The molecule has 0 spiro atoms. The third-order valence-electron chi connectivity index (χ3n) is 3.32. The number of ether oxygens (including phenoxy) is 1. The third kappa shape index (κ3) is 3.31. The second-order valence-corrected chi connectivity index (χ2v) is 4.76. The van der Waals surface area contributed by atoms with Crippen LogP contribution in [0.15, 0.2) is 24.3 Å². The Hall–Kier alpha value is -1.71. The van der Waals surface area contributed by atoms with E-state index in [1.807, 2.05) is 0 Å². The highest BCUT2D eigenvalue weighted by Gasteiger charge is 2.43. The van der Waals surface area contributed by atoms with Crippen LogP contribution in [0.25, 0.3) is 0 Å². The fourth-order valence-electron chi connectivity index (χ4n) is 2.09. The number of benzene rings is 1. The first-order valence-corrected chi connectivity index (χ1v) is 6.32. The zero-order valence-corrected chi connectivity index (χ0v) is 10.9. The minimum Gasteiger partial charge on any atom is -0.545 e. The highest BCUT2D eigenvalue weighted by Crippen LogP contribution is 2.23. The number of carbonyl (C=O) groups is 1. The monoisotopic (exact) mass is 298 g/mol. The fourth-order valence-corrected chi connectivity index (χ4v) is 2.09. The zero-order valence-electron chi connectivity index (χ0n) is 10.9. The molecule has 116 valence electrons. The van der Waals surface area contributed by atoms with Gasteiger partial charge in [-0.25, -0.2) is 0 Å². The molecule has 0 radical (unpaired) electrons. The first kappa shape index (κ1) is 15.7. The van der Waals surface area contributed by atoms with Crippen molar-refractivity contribution in [2.24, 2.45) is 0 Å². The van der Waals surface area contributed by atoms with Crippen molar-refractivity contribution in [2.75, 3.05) is 11.9 Å². The Morgan fingerprint density at radius 3 is 2.29 bits per heavy atom. The second kappa shape index (κ2) is 6.37. The molecule has 1 fully saturated rings. The molecule has 1 aromatic carbocycles. The number of anilines is 1. The van der Waals surface area contributed by atoms with Gasteiger partial charge in [-0.15, -0.1) is 0 Å². The van der Waals surface area contributed by atoms with E-state index in [1.54, 1.807) is 0 Å². The number of carbonyl (C=O) groups excluding carboxylic acids is 1. The first-order valence-electron chi connectivity index (χ1n) is 6.32. The molecule has 5 N–H and O–H groups in total. The van der Waals surface area contributed by atoms with Gasteiger partial charge in [-0.3, -0.25) is 0 Å². The van der Waals surface area contributed by atoms with Gasteiger partial charge in [0.2, 0.25) is 0 Å². The molecule has 0 saturated carbocycles. The average molecular weight is 298 g/mol. The summed E-state index contributed by atoms with van der Waals surface area (Å²) in [5.41, 5.74) is 0.429. The lowest BCUT2D eigenvalue weighted by Crippen LogP contribution is -2.60. The van der Waals surface area contributed by atoms with Crippen molar-refractivity contribution in [2.45, 2.75) is 30.6 Å². The molecule has 0 aromatic heterocycles. The quantitative estimate of drug-likeness (QED) is 0.403. The molecule has 8 heteroatoms. The van der Waals surface area contributed by atoms with Gasteiger partial charge in [-0.1, -0.05) is 12.1 Å². The van der Waals surface area contributed by atoms with Crippen LogP contribution in [0.2, 0.25) is 0 Å². The van der Waals surface area contributed by atoms with E-state index in [1.165, 1.54) is 24.3 Å². The van der Waals surface area contributed by atoms with Gasteiger partial charge in [0, 0.05) is 5.69 Å².